The second-order valence-corrected chi connectivity index (χ2v) is 10.6. The molecule has 2 aliphatic heterocycles. The molecule has 8 heteroatoms. The van der Waals surface area contributed by atoms with Gasteiger partial charge in [-0.05, 0) is 62.8 Å². The molecule has 0 bridgehead atoms. The van der Waals surface area contributed by atoms with E-state index in [1.807, 2.05) is 32.9 Å². The predicted octanol–water partition coefficient (Wildman–Crippen LogP) is 4.07. The smallest absolute Gasteiger partial charge is 0.502 e. The summed E-state index contributed by atoms with van der Waals surface area (Å²) in [6.45, 7) is 12.0. The fourth-order valence-electron chi connectivity index (χ4n) is 5.16. The summed E-state index contributed by atoms with van der Waals surface area (Å²) in [5.41, 5.74) is 4.64. The molecule has 2 N–H and O–H groups in total. The highest BCUT2D eigenvalue weighted by molar-refractivity contribution is 6.68. The standard InChI is InChI=1S/C27H31BN2O5/c1-15-13-19(17(3)29-21-8-6-7-18-22(21)28(33)35-26(18)32)24-20(14-15)23(31)16(2)25(34-24)30-11-9-27(4,5)10-12-30/h6-8,13-14,17,29,33H,9-12H2,1-5H3/t17-/m0/s1. The average molecular weight is 474 g/mol. The van der Waals surface area contributed by atoms with Crippen LogP contribution in [0, 0.1) is 19.3 Å². The lowest BCUT2D eigenvalue weighted by Crippen LogP contribution is -2.38. The van der Waals surface area contributed by atoms with E-state index in [1.165, 1.54) is 0 Å². The first kappa shape index (κ1) is 23.5. The number of carbonyl (C=O) groups excluding carboxylic acids is 1. The molecule has 3 aromatic rings. The Balaban J connectivity index is 1.58. The molecule has 1 saturated heterocycles. The maximum absolute atomic E-state index is 13.4. The van der Waals surface area contributed by atoms with Crippen LogP contribution >= 0.6 is 0 Å². The fraction of sp³-hybridized carbons (Fsp3) is 0.407. The van der Waals surface area contributed by atoms with Gasteiger partial charge < -0.3 is 24.3 Å². The summed E-state index contributed by atoms with van der Waals surface area (Å²) >= 11 is 0. The van der Waals surface area contributed by atoms with Crippen molar-refractivity contribution in [2.45, 2.75) is 53.5 Å². The Labute approximate surface area is 205 Å². The van der Waals surface area contributed by atoms with Crippen molar-refractivity contribution in [1.29, 1.82) is 0 Å². The number of piperidine rings is 1. The second-order valence-electron chi connectivity index (χ2n) is 10.6. The molecule has 182 valence electrons. The van der Waals surface area contributed by atoms with Crippen LogP contribution in [-0.2, 0) is 4.65 Å². The van der Waals surface area contributed by atoms with Gasteiger partial charge in [0.05, 0.1) is 22.6 Å². The average Bonchev–Trinajstić information content (AvgIpc) is 3.10. The summed E-state index contributed by atoms with van der Waals surface area (Å²) in [5, 5.41) is 14.2. The molecule has 1 atom stereocenters. The van der Waals surface area contributed by atoms with E-state index in [-0.39, 0.29) is 16.9 Å². The molecule has 0 amide bonds. The zero-order valence-corrected chi connectivity index (χ0v) is 20.9. The van der Waals surface area contributed by atoms with Gasteiger partial charge in [-0.3, -0.25) is 4.79 Å². The van der Waals surface area contributed by atoms with Crippen molar-refractivity contribution in [3.05, 3.63) is 62.8 Å². The lowest BCUT2D eigenvalue weighted by atomic mass is 9.78. The highest BCUT2D eigenvalue weighted by atomic mass is 16.6. The van der Waals surface area contributed by atoms with Gasteiger partial charge in [0, 0.05) is 29.8 Å². The van der Waals surface area contributed by atoms with Crippen LogP contribution in [0.15, 0.2) is 39.5 Å². The minimum atomic E-state index is -1.31. The minimum Gasteiger partial charge on any atom is -0.502 e. The Hall–Kier alpha value is -3.26. The summed E-state index contributed by atoms with van der Waals surface area (Å²) in [7, 11) is -1.31. The maximum atomic E-state index is 13.4. The topological polar surface area (TPSA) is 92.0 Å². The lowest BCUT2D eigenvalue weighted by Gasteiger charge is -2.37. The normalized spacial score (nSPS) is 17.9. The van der Waals surface area contributed by atoms with Crippen molar-refractivity contribution < 1.29 is 18.9 Å². The quantitative estimate of drug-likeness (QED) is 0.551. The number of hydrogen-bond acceptors (Lipinski definition) is 7. The first-order valence-electron chi connectivity index (χ1n) is 12.2. The molecule has 1 fully saturated rings. The summed E-state index contributed by atoms with van der Waals surface area (Å²) in [6.07, 6.45) is 2.07. The van der Waals surface area contributed by atoms with Crippen LogP contribution < -0.4 is 21.1 Å². The van der Waals surface area contributed by atoms with Crippen LogP contribution in [-0.4, -0.2) is 31.2 Å². The van der Waals surface area contributed by atoms with Crippen LogP contribution in [0.1, 0.15) is 66.7 Å². The Morgan fingerprint density at radius 3 is 2.57 bits per heavy atom. The largest absolute Gasteiger partial charge is 0.565 e. The highest BCUT2D eigenvalue weighted by Crippen LogP contribution is 2.36. The highest BCUT2D eigenvalue weighted by Gasteiger charge is 2.38. The minimum absolute atomic E-state index is 0.0155. The molecule has 3 heterocycles. The van der Waals surface area contributed by atoms with Crippen LogP contribution in [0.5, 0.6) is 0 Å². The summed E-state index contributed by atoms with van der Waals surface area (Å²) < 4.78 is 11.5. The molecule has 1 aromatic heterocycles. The van der Waals surface area contributed by atoms with Crippen molar-refractivity contribution in [1.82, 2.24) is 0 Å². The number of anilines is 2. The first-order valence-corrected chi connectivity index (χ1v) is 12.2. The van der Waals surface area contributed by atoms with Gasteiger partial charge >= 0.3 is 13.1 Å². The van der Waals surface area contributed by atoms with E-state index >= 15 is 0 Å². The Morgan fingerprint density at radius 1 is 1.14 bits per heavy atom. The SMILES string of the molecule is Cc1cc([C@H](C)Nc2cccc3c2B(O)OC3=O)c2oc(N3CCC(C)(C)CC3)c(C)c(=O)c2c1. The number of carbonyl (C=O) groups is 1. The number of aryl methyl sites for hydroxylation is 1. The van der Waals surface area contributed by atoms with Gasteiger partial charge in [-0.2, -0.15) is 0 Å². The van der Waals surface area contributed by atoms with Gasteiger partial charge in [0.2, 0.25) is 5.88 Å². The van der Waals surface area contributed by atoms with Crippen molar-refractivity contribution in [3.63, 3.8) is 0 Å². The van der Waals surface area contributed by atoms with Gasteiger partial charge in [-0.1, -0.05) is 26.0 Å². The summed E-state index contributed by atoms with van der Waals surface area (Å²) in [4.78, 5) is 27.7. The third-order valence-corrected chi connectivity index (χ3v) is 7.40. The Kier molecular flexibility index (Phi) is 5.67. The van der Waals surface area contributed by atoms with E-state index in [4.69, 9.17) is 9.07 Å². The molecular formula is C27H31BN2O5. The van der Waals surface area contributed by atoms with Crippen molar-refractivity contribution >= 4 is 41.1 Å². The van der Waals surface area contributed by atoms with E-state index in [2.05, 4.69) is 24.1 Å². The summed E-state index contributed by atoms with van der Waals surface area (Å²) in [5.74, 6) is 0.103. The van der Waals surface area contributed by atoms with Crippen LogP contribution in [0.4, 0.5) is 11.6 Å². The summed E-state index contributed by atoms with van der Waals surface area (Å²) in [6, 6.07) is 8.82. The number of nitrogens with zero attached hydrogens (tertiary/aromatic N) is 1. The Morgan fingerprint density at radius 2 is 1.86 bits per heavy atom. The first-order chi connectivity index (χ1) is 16.6. The van der Waals surface area contributed by atoms with Gasteiger partial charge in [0.25, 0.3) is 0 Å². The molecule has 7 nitrogen and oxygen atoms in total. The Bertz CT molecular complexity index is 1390. The molecule has 0 spiro atoms. The van der Waals surface area contributed by atoms with E-state index in [1.54, 1.807) is 18.2 Å². The zero-order valence-electron chi connectivity index (χ0n) is 20.9. The predicted molar refractivity (Wildman–Crippen MR) is 139 cm³/mol. The van der Waals surface area contributed by atoms with Gasteiger partial charge in [-0.15, -0.1) is 0 Å². The molecule has 2 aromatic carbocycles. The van der Waals surface area contributed by atoms with E-state index < -0.39 is 13.1 Å². The lowest BCUT2D eigenvalue weighted by molar-refractivity contribution is 0.0728. The third-order valence-electron chi connectivity index (χ3n) is 7.40. The number of fused-ring (bicyclic) bond motifs is 2. The van der Waals surface area contributed by atoms with Crippen LogP contribution in [0.2, 0.25) is 0 Å². The fourth-order valence-corrected chi connectivity index (χ4v) is 5.16. The maximum Gasteiger partial charge on any atom is 0.565 e. The van der Waals surface area contributed by atoms with E-state index in [0.717, 1.165) is 37.1 Å². The van der Waals surface area contributed by atoms with E-state index in [0.29, 0.717) is 39.1 Å². The van der Waals surface area contributed by atoms with Crippen molar-refractivity contribution in [3.8, 4) is 0 Å². The monoisotopic (exact) mass is 474 g/mol. The molecule has 0 saturated carbocycles. The number of nitrogens with one attached hydrogen (secondary N) is 1. The molecule has 0 aliphatic carbocycles. The van der Waals surface area contributed by atoms with Gasteiger partial charge in [-0.25, -0.2) is 4.79 Å². The molecule has 35 heavy (non-hydrogen) atoms. The number of rotatable bonds is 4. The molecule has 2 aliphatic rings. The zero-order chi connectivity index (χ0) is 25.1. The van der Waals surface area contributed by atoms with E-state index in [9.17, 15) is 14.6 Å². The molecular weight excluding hydrogens is 443 g/mol. The second kappa shape index (κ2) is 8.45. The van der Waals surface area contributed by atoms with Crippen molar-refractivity contribution in [2.24, 2.45) is 5.41 Å². The van der Waals surface area contributed by atoms with Gasteiger partial charge in [0.1, 0.15) is 5.58 Å². The third kappa shape index (κ3) is 4.10. The molecule has 0 radical (unpaired) electrons. The van der Waals surface area contributed by atoms with Crippen LogP contribution in [0.3, 0.4) is 0 Å². The molecule has 5 rings (SSSR count). The van der Waals surface area contributed by atoms with Crippen LogP contribution in [0.25, 0.3) is 11.0 Å². The molecule has 0 unspecified atom stereocenters. The number of hydrogen-bond donors (Lipinski definition) is 2. The number of benzene rings is 2. The van der Waals surface area contributed by atoms with Crippen molar-refractivity contribution in [2.75, 3.05) is 23.3 Å². The van der Waals surface area contributed by atoms with Gasteiger partial charge in [0.15, 0.2) is 5.43 Å².